The van der Waals surface area contributed by atoms with Gasteiger partial charge in [0.1, 0.15) is 0 Å². The molecule has 3 heteroatoms. The Bertz CT molecular complexity index is 685. The first-order chi connectivity index (χ1) is 11.5. The largest absolute Gasteiger partial charge is 0.372 e. The Kier molecular flexibility index (Phi) is 6.02. The van der Waals surface area contributed by atoms with Crippen molar-refractivity contribution >= 4 is 17.3 Å². The Labute approximate surface area is 145 Å². The van der Waals surface area contributed by atoms with Crippen molar-refractivity contribution in [1.82, 2.24) is 0 Å². The summed E-state index contributed by atoms with van der Waals surface area (Å²) < 4.78 is 0. The van der Waals surface area contributed by atoms with Gasteiger partial charge in [0.25, 0.3) is 5.91 Å². The number of anilines is 2. The van der Waals surface area contributed by atoms with E-state index < -0.39 is 0 Å². The summed E-state index contributed by atoms with van der Waals surface area (Å²) in [5, 5.41) is 3.05. The van der Waals surface area contributed by atoms with Crippen molar-refractivity contribution in [3.63, 3.8) is 0 Å². The third-order valence-corrected chi connectivity index (χ3v) is 4.50. The zero-order valence-electron chi connectivity index (χ0n) is 15.4. The number of amides is 1. The lowest BCUT2D eigenvalue weighted by molar-refractivity contribution is 0.102. The predicted octanol–water partition coefficient (Wildman–Crippen LogP) is 5.22. The van der Waals surface area contributed by atoms with Crippen molar-refractivity contribution in [2.24, 2.45) is 0 Å². The zero-order chi connectivity index (χ0) is 17.7. The Morgan fingerprint density at radius 1 is 1.04 bits per heavy atom. The molecule has 1 N–H and O–H groups in total. The lowest BCUT2D eigenvalue weighted by atomic mass is 9.97. The van der Waals surface area contributed by atoms with Crippen LogP contribution in [0.1, 0.15) is 55.1 Å². The van der Waals surface area contributed by atoms with E-state index in [1.807, 2.05) is 36.4 Å². The molecule has 3 nitrogen and oxygen atoms in total. The molecule has 0 atom stereocenters. The zero-order valence-corrected chi connectivity index (χ0v) is 15.4. The van der Waals surface area contributed by atoms with E-state index in [2.05, 4.69) is 50.9 Å². The first-order valence-corrected chi connectivity index (χ1v) is 8.73. The molecule has 0 bridgehead atoms. The summed E-state index contributed by atoms with van der Waals surface area (Å²) in [5.74, 6) is 0.375. The first kappa shape index (κ1) is 18.1. The SMILES string of the molecule is CCN(CC)c1ccc(C(=O)Nc2cccc(C(C)C)c2C)cc1. The molecule has 0 aromatic heterocycles. The van der Waals surface area contributed by atoms with Crippen molar-refractivity contribution in [1.29, 1.82) is 0 Å². The van der Waals surface area contributed by atoms with Crippen LogP contribution in [0.25, 0.3) is 0 Å². The average Bonchev–Trinajstić information content (AvgIpc) is 2.58. The van der Waals surface area contributed by atoms with Gasteiger partial charge >= 0.3 is 0 Å². The highest BCUT2D eigenvalue weighted by Gasteiger charge is 2.11. The Balaban J connectivity index is 2.17. The van der Waals surface area contributed by atoms with Crippen LogP contribution >= 0.6 is 0 Å². The lowest BCUT2D eigenvalue weighted by Gasteiger charge is -2.21. The quantitative estimate of drug-likeness (QED) is 0.790. The van der Waals surface area contributed by atoms with Crippen molar-refractivity contribution in [3.8, 4) is 0 Å². The van der Waals surface area contributed by atoms with E-state index in [0.29, 0.717) is 11.5 Å². The van der Waals surface area contributed by atoms with E-state index in [1.165, 1.54) is 5.56 Å². The number of carbonyl (C=O) groups is 1. The number of hydrogen-bond acceptors (Lipinski definition) is 2. The Morgan fingerprint density at radius 2 is 1.67 bits per heavy atom. The number of rotatable bonds is 6. The van der Waals surface area contributed by atoms with Gasteiger partial charge in [0.05, 0.1) is 0 Å². The molecule has 0 saturated carbocycles. The minimum absolute atomic E-state index is 0.0647. The van der Waals surface area contributed by atoms with Gasteiger partial charge in [0, 0.05) is 30.0 Å². The minimum atomic E-state index is -0.0647. The first-order valence-electron chi connectivity index (χ1n) is 8.73. The lowest BCUT2D eigenvalue weighted by Crippen LogP contribution is -2.22. The molecular weight excluding hydrogens is 296 g/mol. The van der Waals surface area contributed by atoms with E-state index >= 15 is 0 Å². The van der Waals surface area contributed by atoms with Gasteiger partial charge < -0.3 is 10.2 Å². The predicted molar refractivity (Wildman–Crippen MR) is 103 cm³/mol. The van der Waals surface area contributed by atoms with Gasteiger partial charge in [0.15, 0.2) is 0 Å². The molecule has 0 saturated heterocycles. The maximum atomic E-state index is 12.5. The van der Waals surface area contributed by atoms with Crippen molar-refractivity contribution in [2.75, 3.05) is 23.3 Å². The van der Waals surface area contributed by atoms with Gasteiger partial charge in [-0.05, 0) is 68.1 Å². The standard InChI is InChI=1S/C21H28N2O/c1-6-23(7-2)18-13-11-17(12-14-18)21(24)22-20-10-8-9-19(15(3)4)16(20)5/h8-15H,6-7H2,1-5H3,(H,22,24). The molecule has 1 amide bonds. The molecule has 0 radical (unpaired) electrons. The molecule has 0 spiro atoms. The van der Waals surface area contributed by atoms with Crippen LogP contribution in [0, 0.1) is 6.92 Å². The average molecular weight is 324 g/mol. The maximum absolute atomic E-state index is 12.5. The van der Waals surface area contributed by atoms with Crippen LogP contribution in [0.4, 0.5) is 11.4 Å². The maximum Gasteiger partial charge on any atom is 0.255 e. The van der Waals surface area contributed by atoms with E-state index in [4.69, 9.17) is 0 Å². The third kappa shape index (κ3) is 3.97. The van der Waals surface area contributed by atoms with E-state index in [1.54, 1.807) is 0 Å². The third-order valence-electron chi connectivity index (χ3n) is 4.50. The van der Waals surface area contributed by atoms with Crippen LogP contribution in [0.2, 0.25) is 0 Å². The Morgan fingerprint density at radius 3 is 2.21 bits per heavy atom. The molecule has 0 heterocycles. The molecule has 2 aromatic carbocycles. The second kappa shape index (κ2) is 8.00. The van der Waals surface area contributed by atoms with Crippen LogP contribution in [0.3, 0.4) is 0 Å². The summed E-state index contributed by atoms with van der Waals surface area (Å²) >= 11 is 0. The van der Waals surface area contributed by atoms with Gasteiger partial charge in [0.2, 0.25) is 0 Å². The number of hydrogen-bond donors (Lipinski definition) is 1. The number of benzene rings is 2. The molecule has 2 aromatic rings. The van der Waals surface area contributed by atoms with Crippen LogP contribution in [-0.4, -0.2) is 19.0 Å². The van der Waals surface area contributed by atoms with Crippen LogP contribution < -0.4 is 10.2 Å². The molecule has 0 aliphatic rings. The monoisotopic (exact) mass is 324 g/mol. The number of nitrogens with one attached hydrogen (secondary N) is 1. The number of carbonyl (C=O) groups excluding carboxylic acids is 1. The van der Waals surface area contributed by atoms with Crippen molar-refractivity contribution in [3.05, 3.63) is 59.2 Å². The molecular formula is C21H28N2O. The second-order valence-electron chi connectivity index (χ2n) is 6.35. The summed E-state index contributed by atoms with van der Waals surface area (Å²) in [7, 11) is 0. The summed E-state index contributed by atoms with van der Waals surface area (Å²) in [6, 6.07) is 13.9. The fraction of sp³-hybridized carbons (Fsp3) is 0.381. The van der Waals surface area contributed by atoms with E-state index in [-0.39, 0.29) is 5.91 Å². The van der Waals surface area contributed by atoms with Gasteiger partial charge in [-0.25, -0.2) is 0 Å². The summed E-state index contributed by atoms with van der Waals surface area (Å²) in [6.45, 7) is 12.6. The van der Waals surface area contributed by atoms with E-state index in [9.17, 15) is 4.79 Å². The van der Waals surface area contributed by atoms with Crippen LogP contribution in [-0.2, 0) is 0 Å². The minimum Gasteiger partial charge on any atom is -0.372 e. The normalized spacial score (nSPS) is 10.8. The number of nitrogens with zero attached hydrogens (tertiary/aromatic N) is 1. The highest BCUT2D eigenvalue weighted by Crippen LogP contribution is 2.25. The fourth-order valence-corrected chi connectivity index (χ4v) is 3.02. The van der Waals surface area contributed by atoms with Gasteiger partial charge in [-0.2, -0.15) is 0 Å². The summed E-state index contributed by atoms with van der Waals surface area (Å²) in [5.41, 5.74) is 5.12. The molecule has 24 heavy (non-hydrogen) atoms. The smallest absolute Gasteiger partial charge is 0.255 e. The topological polar surface area (TPSA) is 32.3 Å². The van der Waals surface area contributed by atoms with Crippen molar-refractivity contribution < 1.29 is 4.79 Å². The highest BCUT2D eigenvalue weighted by molar-refractivity contribution is 6.04. The van der Waals surface area contributed by atoms with E-state index in [0.717, 1.165) is 30.0 Å². The molecule has 128 valence electrons. The fourth-order valence-electron chi connectivity index (χ4n) is 3.02. The van der Waals surface area contributed by atoms with Gasteiger partial charge in [-0.3, -0.25) is 4.79 Å². The molecule has 2 rings (SSSR count). The van der Waals surface area contributed by atoms with Crippen molar-refractivity contribution in [2.45, 2.75) is 40.5 Å². The molecule has 0 fully saturated rings. The Hall–Kier alpha value is -2.29. The molecule has 0 aliphatic heterocycles. The van der Waals surface area contributed by atoms with Gasteiger partial charge in [-0.1, -0.05) is 26.0 Å². The highest BCUT2D eigenvalue weighted by atomic mass is 16.1. The summed E-state index contributed by atoms with van der Waals surface area (Å²) in [6.07, 6.45) is 0. The summed E-state index contributed by atoms with van der Waals surface area (Å²) in [4.78, 5) is 14.8. The molecule has 0 unspecified atom stereocenters. The van der Waals surface area contributed by atoms with Crippen LogP contribution in [0.15, 0.2) is 42.5 Å². The van der Waals surface area contributed by atoms with Crippen LogP contribution in [0.5, 0.6) is 0 Å². The second-order valence-corrected chi connectivity index (χ2v) is 6.35. The molecule has 0 aliphatic carbocycles. The van der Waals surface area contributed by atoms with Gasteiger partial charge in [-0.15, -0.1) is 0 Å².